The fourth-order valence-electron chi connectivity index (χ4n) is 3.18. The number of carbonyl (C=O) groups excluding carboxylic acids is 1. The van der Waals surface area contributed by atoms with Crippen LogP contribution >= 0.6 is 0 Å². The fraction of sp³-hybridized carbons (Fsp3) is 0.611. The number of urea groups is 1. The molecular weight excluding hydrogens is 292 g/mol. The number of hydrogen-bond acceptors (Lipinski definition) is 3. The quantitative estimate of drug-likeness (QED) is 0.754. The van der Waals surface area contributed by atoms with Gasteiger partial charge >= 0.3 is 6.03 Å². The molecule has 1 aliphatic carbocycles. The van der Waals surface area contributed by atoms with Gasteiger partial charge in [0.05, 0.1) is 7.11 Å². The van der Waals surface area contributed by atoms with Gasteiger partial charge < -0.3 is 20.5 Å². The van der Waals surface area contributed by atoms with Crippen LogP contribution in [0.2, 0.25) is 0 Å². The average Bonchev–Trinajstić information content (AvgIpc) is 2.57. The molecule has 0 aromatic heterocycles. The van der Waals surface area contributed by atoms with Crippen LogP contribution in [0, 0.1) is 12.8 Å². The van der Waals surface area contributed by atoms with Crippen LogP contribution in [0.15, 0.2) is 18.2 Å². The summed E-state index contributed by atoms with van der Waals surface area (Å²) in [6.07, 6.45) is 4.96. The minimum atomic E-state index is -0.144. The van der Waals surface area contributed by atoms with Gasteiger partial charge in [0.25, 0.3) is 0 Å². The summed E-state index contributed by atoms with van der Waals surface area (Å²) in [5.74, 6) is 1.07. The summed E-state index contributed by atoms with van der Waals surface area (Å²) >= 11 is 0. The summed E-state index contributed by atoms with van der Waals surface area (Å²) in [6, 6.07) is 6.04. The van der Waals surface area contributed by atoms with Crippen LogP contribution < -0.4 is 15.4 Å². The molecule has 0 spiro atoms. The van der Waals surface area contributed by atoms with Gasteiger partial charge in [-0.15, -0.1) is 0 Å². The van der Waals surface area contributed by atoms with Crippen LogP contribution in [-0.2, 0) is 6.42 Å². The van der Waals surface area contributed by atoms with Crippen molar-refractivity contribution in [3.05, 3.63) is 29.3 Å². The molecular formula is C18H28N2O3. The van der Waals surface area contributed by atoms with Gasteiger partial charge in [-0.1, -0.05) is 25.0 Å². The summed E-state index contributed by atoms with van der Waals surface area (Å²) in [5.41, 5.74) is 2.24. The second-order valence-electron chi connectivity index (χ2n) is 6.29. The van der Waals surface area contributed by atoms with Gasteiger partial charge in [0.2, 0.25) is 0 Å². The highest BCUT2D eigenvalue weighted by Gasteiger charge is 2.25. The molecule has 1 aromatic rings. The molecule has 1 saturated carbocycles. The van der Waals surface area contributed by atoms with Gasteiger partial charge in [0.1, 0.15) is 5.75 Å². The third kappa shape index (κ3) is 5.13. The number of carbonyl (C=O) groups is 1. The lowest BCUT2D eigenvalue weighted by molar-refractivity contribution is 0.154. The zero-order valence-electron chi connectivity index (χ0n) is 14.1. The molecule has 5 nitrogen and oxygen atoms in total. The molecule has 5 heteroatoms. The molecule has 1 aliphatic rings. The number of aliphatic hydroxyl groups excluding tert-OH is 1. The van der Waals surface area contributed by atoms with E-state index in [9.17, 15) is 9.90 Å². The van der Waals surface area contributed by atoms with Crippen LogP contribution in [0.4, 0.5) is 4.79 Å². The standard InChI is InChI=1S/C18H28N2O3/c1-13-7-8-14(11-17(13)23-2)9-10-19-18(22)20-16-6-4-3-5-15(16)12-21/h7-8,11,15-16,21H,3-6,9-10,12H2,1-2H3,(H2,19,20,22). The summed E-state index contributed by atoms with van der Waals surface area (Å²) < 4.78 is 5.31. The Hall–Kier alpha value is -1.75. The molecule has 0 aliphatic heterocycles. The van der Waals surface area contributed by atoms with E-state index in [4.69, 9.17) is 4.74 Å². The zero-order valence-corrected chi connectivity index (χ0v) is 14.1. The maximum atomic E-state index is 12.0. The molecule has 0 bridgehead atoms. The van der Waals surface area contributed by atoms with Gasteiger partial charge in [-0.05, 0) is 43.4 Å². The number of benzene rings is 1. The molecule has 0 heterocycles. The maximum absolute atomic E-state index is 12.0. The largest absolute Gasteiger partial charge is 0.496 e. The van der Waals surface area contributed by atoms with Crippen molar-refractivity contribution in [2.75, 3.05) is 20.3 Å². The molecule has 3 N–H and O–H groups in total. The summed E-state index contributed by atoms with van der Waals surface area (Å²) in [5, 5.41) is 15.3. The molecule has 2 rings (SSSR count). The molecule has 0 saturated heterocycles. The van der Waals surface area contributed by atoms with Crippen LogP contribution in [0.3, 0.4) is 0 Å². The zero-order chi connectivity index (χ0) is 16.7. The Kier molecular flexibility index (Phi) is 6.71. The van der Waals surface area contributed by atoms with E-state index in [0.29, 0.717) is 6.54 Å². The highest BCUT2D eigenvalue weighted by atomic mass is 16.5. The number of nitrogens with one attached hydrogen (secondary N) is 2. The lowest BCUT2D eigenvalue weighted by atomic mass is 9.85. The van der Waals surface area contributed by atoms with E-state index >= 15 is 0 Å². The molecule has 23 heavy (non-hydrogen) atoms. The van der Waals surface area contributed by atoms with E-state index in [1.165, 1.54) is 0 Å². The first-order chi connectivity index (χ1) is 11.1. The first-order valence-corrected chi connectivity index (χ1v) is 8.42. The number of amides is 2. The van der Waals surface area contributed by atoms with E-state index in [-0.39, 0.29) is 24.6 Å². The van der Waals surface area contributed by atoms with Gasteiger partial charge in [-0.3, -0.25) is 0 Å². The SMILES string of the molecule is COc1cc(CCNC(=O)NC2CCCCC2CO)ccc1C. The predicted octanol–water partition coefficient (Wildman–Crippen LogP) is 2.40. The summed E-state index contributed by atoms with van der Waals surface area (Å²) in [6.45, 7) is 2.73. The minimum absolute atomic E-state index is 0.0909. The first kappa shape index (κ1) is 17.6. The predicted molar refractivity (Wildman–Crippen MR) is 90.8 cm³/mol. The van der Waals surface area contributed by atoms with Gasteiger partial charge in [0, 0.05) is 25.1 Å². The van der Waals surface area contributed by atoms with Crippen molar-refractivity contribution in [2.24, 2.45) is 5.92 Å². The van der Waals surface area contributed by atoms with E-state index in [2.05, 4.69) is 16.7 Å². The molecule has 128 valence electrons. The van der Waals surface area contributed by atoms with E-state index < -0.39 is 0 Å². The number of hydrogen-bond donors (Lipinski definition) is 3. The van der Waals surface area contributed by atoms with Crippen molar-refractivity contribution in [1.29, 1.82) is 0 Å². The molecule has 2 atom stereocenters. The van der Waals surface area contributed by atoms with Crippen LogP contribution in [0.25, 0.3) is 0 Å². The van der Waals surface area contributed by atoms with Gasteiger partial charge in [-0.25, -0.2) is 4.79 Å². The monoisotopic (exact) mass is 320 g/mol. The second kappa shape index (κ2) is 8.77. The van der Waals surface area contributed by atoms with Gasteiger partial charge in [0.15, 0.2) is 0 Å². The van der Waals surface area contributed by atoms with Crippen molar-refractivity contribution >= 4 is 6.03 Å². The smallest absolute Gasteiger partial charge is 0.315 e. The molecule has 2 unspecified atom stereocenters. The lowest BCUT2D eigenvalue weighted by Crippen LogP contribution is -2.48. The normalized spacial score (nSPS) is 20.8. The lowest BCUT2D eigenvalue weighted by Gasteiger charge is -2.30. The third-order valence-electron chi connectivity index (χ3n) is 4.63. The molecule has 1 fully saturated rings. The van der Waals surface area contributed by atoms with Crippen LogP contribution in [0.1, 0.15) is 36.8 Å². The Morgan fingerprint density at radius 1 is 1.35 bits per heavy atom. The minimum Gasteiger partial charge on any atom is -0.496 e. The number of ether oxygens (including phenoxy) is 1. The highest BCUT2D eigenvalue weighted by Crippen LogP contribution is 2.23. The van der Waals surface area contributed by atoms with Crippen LogP contribution in [0.5, 0.6) is 5.75 Å². The molecule has 0 radical (unpaired) electrons. The second-order valence-corrected chi connectivity index (χ2v) is 6.29. The average molecular weight is 320 g/mol. The Balaban J connectivity index is 1.76. The Labute approximate surface area is 138 Å². The number of methoxy groups -OCH3 is 1. The van der Waals surface area contributed by atoms with Crippen LogP contribution in [-0.4, -0.2) is 37.4 Å². The highest BCUT2D eigenvalue weighted by molar-refractivity contribution is 5.74. The van der Waals surface area contributed by atoms with Crippen molar-refractivity contribution in [1.82, 2.24) is 10.6 Å². The Bertz CT molecular complexity index is 519. The number of aryl methyl sites for hydroxylation is 1. The van der Waals surface area contributed by atoms with Crippen molar-refractivity contribution in [2.45, 2.75) is 45.1 Å². The summed E-state index contributed by atoms with van der Waals surface area (Å²) in [4.78, 5) is 12.0. The Morgan fingerprint density at radius 2 is 2.13 bits per heavy atom. The summed E-state index contributed by atoms with van der Waals surface area (Å²) in [7, 11) is 1.67. The molecule has 1 aromatic carbocycles. The van der Waals surface area contributed by atoms with Crippen molar-refractivity contribution in [3.63, 3.8) is 0 Å². The first-order valence-electron chi connectivity index (χ1n) is 8.42. The van der Waals surface area contributed by atoms with Crippen molar-refractivity contribution < 1.29 is 14.6 Å². The van der Waals surface area contributed by atoms with Gasteiger partial charge in [-0.2, -0.15) is 0 Å². The number of rotatable bonds is 6. The van der Waals surface area contributed by atoms with E-state index in [0.717, 1.165) is 49.0 Å². The topological polar surface area (TPSA) is 70.6 Å². The van der Waals surface area contributed by atoms with E-state index in [1.54, 1.807) is 7.11 Å². The van der Waals surface area contributed by atoms with E-state index in [1.807, 2.05) is 19.1 Å². The fourth-order valence-corrected chi connectivity index (χ4v) is 3.18. The van der Waals surface area contributed by atoms with Crippen molar-refractivity contribution in [3.8, 4) is 5.75 Å². The number of aliphatic hydroxyl groups is 1. The Morgan fingerprint density at radius 3 is 2.87 bits per heavy atom. The molecule has 2 amide bonds. The third-order valence-corrected chi connectivity index (χ3v) is 4.63. The maximum Gasteiger partial charge on any atom is 0.315 e.